The molecule has 130 valence electrons. The number of hydrogen-bond acceptors (Lipinski definition) is 5. The van der Waals surface area contributed by atoms with Gasteiger partial charge in [-0.3, -0.25) is 4.79 Å². The molecule has 0 aromatic heterocycles. The van der Waals surface area contributed by atoms with Gasteiger partial charge in [0.2, 0.25) is 0 Å². The van der Waals surface area contributed by atoms with Crippen molar-refractivity contribution in [2.45, 2.75) is 0 Å². The average molecular weight is 342 g/mol. The summed E-state index contributed by atoms with van der Waals surface area (Å²) in [7, 11) is 3.02. The average Bonchev–Trinajstić information content (AvgIpc) is 2.64. The molecule has 0 amide bonds. The molecule has 0 spiro atoms. The van der Waals surface area contributed by atoms with Crippen molar-refractivity contribution in [1.82, 2.24) is 0 Å². The first kappa shape index (κ1) is 18.1. The maximum absolute atomic E-state index is 12.3. The minimum absolute atomic E-state index is 0.151. The van der Waals surface area contributed by atoms with Gasteiger partial charge >= 0.3 is 5.97 Å². The number of carboxylic acids is 1. The van der Waals surface area contributed by atoms with Crippen LogP contribution in [0.1, 0.15) is 15.9 Å². The molecule has 0 heterocycles. The van der Waals surface area contributed by atoms with Crippen molar-refractivity contribution < 1.29 is 28.9 Å². The molecule has 6 heteroatoms. The van der Waals surface area contributed by atoms with Crippen LogP contribution in [0, 0.1) is 0 Å². The summed E-state index contributed by atoms with van der Waals surface area (Å²) in [5.74, 6) is 0.232. The van der Waals surface area contributed by atoms with E-state index in [1.165, 1.54) is 20.3 Å². The molecule has 2 aromatic carbocycles. The molecular weight excluding hydrogens is 324 g/mol. The number of ether oxygens (including phenoxy) is 3. The number of carbonyl (C=O) groups excluding carboxylic acids is 1. The van der Waals surface area contributed by atoms with E-state index in [0.29, 0.717) is 28.4 Å². The number of rotatable bonds is 8. The summed E-state index contributed by atoms with van der Waals surface area (Å²) in [6.45, 7) is -0.151. The van der Waals surface area contributed by atoms with Crippen molar-refractivity contribution >= 4 is 17.8 Å². The fraction of sp³-hybridized carbons (Fsp3) is 0.158. The SMILES string of the molecule is COc1ccc(C(=O)COc2cccc(/C=C/C(=O)O)c2)cc1OC. The molecule has 25 heavy (non-hydrogen) atoms. The minimum Gasteiger partial charge on any atom is -0.493 e. The number of Topliss-reactive ketones (excluding diaryl/α,β-unsaturated/α-hetero) is 1. The summed E-state index contributed by atoms with van der Waals surface area (Å²) in [5.41, 5.74) is 1.11. The maximum atomic E-state index is 12.3. The van der Waals surface area contributed by atoms with Crippen LogP contribution in [-0.2, 0) is 4.79 Å². The molecule has 0 saturated heterocycles. The first-order chi connectivity index (χ1) is 12.0. The Labute approximate surface area is 145 Å². The van der Waals surface area contributed by atoms with E-state index in [4.69, 9.17) is 19.3 Å². The highest BCUT2D eigenvalue weighted by Gasteiger charge is 2.11. The number of carbonyl (C=O) groups is 2. The summed E-state index contributed by atoms with van der Waals surface area (Å²) in [6.07, 6.45) is 2.49. The van der Waals surface area contributed by atoms with Crippen molar-refractivity contribution in [3.05, 3.63) is 59.7 Å². The number of aliphatic carboxylic acids is 1. The summed E-state index contributed by atoms with van der Waals surface area (Å²) in [5, 5.41) is 8.64. The van der Waals surface area contributed by atoms with Crippen LogP contribution in [0.5, 0.6) is 17.2 Å². The van der Waals surface area contributed by atoms with Gasteiger partial charge in [0.1, 0.15) is 5.75 Å². The molecule has 2 rings (SSSR count). The standard InChI is InChI=1S/C19H18O6/c1-23-17-8-7-14(11-18(17)24-2)16(20)12-25-15-5-3-4-13(10-15)6-9-19(21)22/h3-11H,12H2,1-2H3,(H,21,22)/b9-6+. The normalized spacial score (nSPS) is 10.5. The highest BCUT2D eigenvalue weighted by molar-refractivity contribution is 5.97. The van der Waals surface area contributed by atoms with E-state index in [9.17, 15) is 9.59 Å². The van der Waals surface area contributed by atoms with Crippen molar-refractivity contribution in [3.63, 3.8) is 0 Å². The molecule has 6 nitrogen and oxygen atoms in total. The number of carboxylic acid groups (broad SMARTS) is 1. The third kappa shape index (κ3) is 5.10. The second-order valence-electron chi connectivity index (χ2n) is 5.03. The molecule has 0 bridgehead atoms. The zero-order valence-corrected chi connectivity index (χ0v) is 13.9. The molecule has 0 aliphatic heterocycles. The molecule has 0 aliphatic carbocycles. The number of methoxy groups -OCH3 is 2. The molecule has 1 N–H and O–H groups in total. The molecule has 0 unspecified atom stereocenters. The second kappa shape index (κ2) is 8.54. The Morgan fingerprint density at radius 3 is 2.48 bits per heavy atom. The maximum Gasteiger partial charge on any atom is 0.328 e. The smallest absolute Gasteiger partial charge is 0.328 e. The van der Waals surface area contributed by atoms with Gasteiger partial charge < -0.3 is 19.3 Å². The van der Waals surface area contributed by atoms with E-state index in [1.54, 1.807) is 42.5 Å². The number of hydrogen-bond donors (Lipinski definition) is 1. The monoisotopic (exact) mass is 342 g/mol. The topological polar surface area (TPSA) is 82.1 Å². The molecule has 0 fully saturated rings. The molecule has 0 radical (unpaired) electrons. The first-order valence-electron chi connectivity index (χ1n) is 7.42. The van der Waals surface area contributed by atoms with Crippen LogP contribution >= 0.6 is 0 Å². The van der Waals surface area contributed by atoms with Crippen molar-refractivity contribution in [3.8, 4) is 17.2 Å². The van der Waals surface area contributed by atoms with E-state index in [-0.39, 0.29) is 12.4 Å². The van der Waals surface area contributed by atoms with Crippen molar-refractivity contribution in [1.29, 1.82) is 0 Å². The van der Waals surface area contributed by atoms with Gasteiger partial charge in [-0.15, -0.1) is 0 Å². The van der Waals surface area contributed by atoms with Gasteiger partial charge in [0.25, 0.3) is 0 Å². The van der Waals surface area contributed by atoms with Crippen LogP contribution in [0.3, 0.4) is 0 Å². The van der Waals surface area contributed by atoms with Crippen molar-refractivity contribution in [2.24, 2.45) is 0 Å². The molecular formula is C19H18O6. The van der Waals surface area contributed by atoms with Gasteiger partial charge in [0, 0.05) is 11.6 Å². The van der Waals surface area contributed by atoms with Gasteiger partial charge in [-0.1, -0.05) is 12.1 Å². The summed E-state index contributed by atoms with van der Waals surface area (Å²) in [4.78, 5) is 22.8. The van der Waals surface area contributed by atoms with Crippen LogP contribution in [0.2, 0.25) is 0 Å². The number of ketones is 1. The van der Waals surface area contributed by atoms with E-state index < -0.39 is 5.97 Å². The molecule has 0 saturated carbocycles. The predicted octanol–water partition coefficient (Wildman–Crippen LogP) is 3.06. The lowest BCUT2D eigenvalue weighted by Crippen LogP contribution is -2.11. The molecule has 2 aromatic rings. The second-order valence-corrected chi connectivity index (χ2v) is 5.03. The molecule has 0 aliphatic rings. The van der Waals surface area contributed by atoms with Crippen LogP contribution in [0.15, 0.2) is 48.5 Å². The lowest BCUT2D eigenvalue weighted by atomic mass is 10.1. The highest BCUT2D eigenvalue weighted by atomic mass is 16.5. The van der Waals surface area contributed by atoms with Gasteiger partial charge in [0.15, 0.2) is 23.9 Å². The Bertz CT molecular complexity index is 794. The van der Waals surface area contributed by atoms with Gasteiger partial charge in [-0.25, -0.2) is 4.79 Å². The Balaban J connectivity index is 2.05. The van der Waals surface area contributed by atoms with Gasteiger partial charge in [-0.2, -0.15) is 0 Å². The van der Waals surface area contributed by atoms with E-state index in [0.717, 1.165) is 6.08 Å². The van der Waals surface area contributed by atoms with Crippen molar-refractivity contribution in [2.75, 3.05) is 20.8 Å². The fourth-order valence-corrected chi connectivity index (χ4v) is 2.12. The Morgan fingerprint density at radius 1 is 1.04 bits per heavy atom. The zero-order valence-electron chi connectivity index (χ0n) is 13.9. The Hall–Kier alpha value is -3.28. The van der Waals surface area contributed by atoms with E-state index >= 15 is 0 Å². The lowest BCUT2D eigenvalue weighted by Gasteiger charge is -2.10. The quantitative estimate of drug-likeness (QED) is 0.586. The van der Waals surface area contributed by atoms with Crippen LogP contribution in [-0.4, -0.2) is 37.7 Å². The molecule has 0 atom stereocenters. The Morgan fingerprint density at radius 2 is 1.80 bits per heavy atom. The first-order valence-corrected chi connectivity index (χ1v) is 7.42. The fourth-order valence-electron chi connectivity index (χ4n) is 2.12. The summed E-state index contributed by atoms with van der Waals surface area (Å²) in [6, 6.07) is 11.7. The summed E-state index contributed by atoms with van der Waals surface area (Å²) >= 11 is 0. The largest absolute Gasteiger partial charge is 0.493 e. The minimum atomic E-state index is -1.03. The lowest BCUT2D eigenvalue weighted by molar-refractivity contribution is -0.131. The van der Waals surface area contributed by atoms with Gasteiger partial charge in [-0.05, 0) is 42.0 Å². The summed E-state index contributed by atoms with van der Waals surface area (Å²) < 4.78 is 15.8. The third-order valence-corrected chi connectivity index (χ3v) is 3.35. The van der Waals surface area contributed by atoms with Crippen LogP contribution in [0.25, 0.3) is 6.08 Å². The van der Waals surface area contributed by atoms with E-state index in [1.807, 2.05) is 0 Å². The van der Waals surface area contributed by atoms with Crippen LogP contribution in [0.4, 0.5) is 0 Å². The van der Waals surface area contributed by atoms with Gasteiger partial charge in [0.05, 0.1) is 14.2 Å². The van der Waals surface area contributed by atoms with E-state index in [2.05, 4.69) is 0 Å². The Kier molecular flexibility index (Phi) is 6.17. The highest BCUT2D eigenvalue weighted by Crippen LogP contribution is 2.27. The van der Waals surface area contributed by atoms with Crippen LogP contribution < -0.4 is 14.2 Å². The number of benzene rings is 2. The predicted molar refractivity (Wildman–Crippen MR) is 92.5 cm³/mol. The zero-order chi connectivity index (χ0) is 18.2. The third-order valence-electron chi connectivity index (χ3n) is 3.35.